The molecule has 0 aromatic carbocycles. The highest BCUT2D eigenvalue weighted by Gasteiger charge is 2.60. The van der Waals surface area contributed by atoms with Crippen molar-refractivity contribution in [2.24, 2.45) is 28.6 Å². The minimum atomic E-state index is -0.0434. The number of likely N-dealkylation sites (tertiary alicyclic amines) is 1. The minimum absolute atomic E-state index is 0.0434. The molecule has 23 heavy (non-hydrogen) atoms. The lowest BCUT2D eigenvalue weighted by atomic mass is 9.47. The van der Waals surface area contributed by atoms with E-state index in [1.807, 2.05) is 0 Å². The summed E-state index contributed by atoms with van der Waals surface area (Å²) < 4.78 is 0. The normalized spacial score (nSPS) is 53.5. The van der Waals surface area contributed by atoms with E-state index in [2.05, 4.69) is 18.7 Å². The van der Waals surface area contributed by atoms with Crippen LogP contribution in [0.2, 0.25) is 0 Å². The Kier molecular flexibility index (Phi) is 4.26. The number of aliphatic hydroxyl groups excluding tert-OH is 1. The number of hydrogen-bond donors (Lipinski definition) is 1. The van der Waals surface area contributed by atoms with Crippen LogP contribution >= 0.6 is 11.6 Å². The highest BCUT2D eigenvalue weighted by atomic mass is 35.5. The van der Waals surface area contributed by atoms with Gasteiger partial charge in [0, 0.05) is 18.5 Å². The number of aliphatic hydroxyl groups is 1. The smallest absolute Gasteiger partial charge is 0.0596 e. The van der Waals surface area contributed by atoms with Gasteiger partial charge in [0.1, 0.15) is 0 Å². The molecule has 1 N–H and O–H groups in total. The molecule has 1 heterocycles. The first-order valence-corrected chi connectivity index (χ1v) is 10.5. The van der Waals surface area contributed by atoms with Gasteiger partial charge in [-0.05, 0) is 86.5 Å². The van der Waals surface area contributed by atoms with Gasteiger partial charge in [-0.15, -0.1) is 11.6 Å². The summed E-state index contributed by atoms with van der Waals surface area (Å²) in [4.78, 5) is 2.71. The van der Waals surface area contributed by atoms with Crippen LogP contribution in [-0.4, -0.2) is 41.1 Å². The summed E-state index contributed by atoms with van der Waals surface area (Å²) in [6, 6.07) is 0.756. The first kappa shape index (κ1) is 16.7. The van der Waals surface area contributed by atoms with Crippen LogP contribution in [-0.2, 0) is 0 Å². The van der Waals surface area contributed by atoms with Crippen molar-refractivity contribution in [3.8, 4) is 0 Å². The maximum absolute atomic E-state index is 10.6. The summed E-state index contributed by atoms with van der Waals surface area (Å²) in [5, 5.41) is 10.6. The third-order valence-corrected chi connectivity index (χ3v) is 8.91. The van der Waals surface area contributed by atoms with Crippen molar-refractivity contribution >= 4 is 11.6 Å². The highest BCUT2D eigenvalue weighted by molar-refractivity contribution is 6.18. The van der Waals surface area contributed by atoms with E-state index >= 15 is 0 Å². The Bertz CT molecular complexity index is 455. The molecule has 0 unspecified atom stereocenters. The summed E-state index contributed by atoms with van der Waals surface area (Å²) in [5.41, 5.74) is 0.705. The molecule has 0 bridgehead atoms. The van der Waals surface area contributed by atoms with E-state index in [9.17, 15) is 5.11 Å². The molecule has 0 spiro atoms. The molecule has 1 aliphatic heterocycles. The molecule has 132 valence electrons. The Labute approximate surface area is 147 Å². The summed E-state index contributed by atoms with van der Waals surface area (Å²) in [5.74, 6) is 3.29. The van der Waals surface area contributed by atoms with Crippen molar-refractivity contribution in [1.82, 2.24) is 4.90 Å². The molecule has 3 aliphatic carbocycles. The Morgan fingerprint density at radius 3 is 2.57 bits per heavy atom. The summed E-state index contributed by atoms with van der Waals surface area (Å²) in [6.07, 6.45) is 10.4. The topological polar surface area (TPSA) is 23.5 Å². The maximum atomic E-state index is 10.6. The lowest BCUT2D eigenvalue weighted by Gasteiger charge is -2.62. The zero-order chi connectivity index (χ0) is 16.2. The van der Waals surface area contributed by atoms with E-state index in [-0.39, 0.29) is 11.5 Å². The predicted octanol–water partition coefficient (Wildman–Crippen LogP) is 4.29. The molecule has 7 atom stereocenters. The van der Waals surface area contributed by atoms with E-state index in [0.717, 1.165) is 42.6 Å². The molecular formula is C20H34ClNO. The fourth-order valence-corrected chi connectivity index (χ4v) is 7.77. The van der Waals surface area contributed by atoms with Crippen molar-refractivity contribution in [3.05, 3.63) is 0 Å². The van der Waals surface area contributed by atoms with Gasteiger partial charge in [-0.25, -0.2) is 0 Å². The third-order valence-electron chi connectivity index (χ3n) is 8.74. The van der Waals surface area contributed by atoms with E-state index in [1.165, 1.54) is 51.5 Å². The first-order chi connectivity index (χ1) is 11.0. The number of fused-ring (bicyclic) bond motifs is 5. The second-order valence-electron chi connectivity index (χ2n) is 9.44. The summed E-state index contributed by atoms with van der Waals surface area (Å²) >= 11 is 6.09. The Hall–Kier alpha value is 0.210. The fraction of sp³-hybridized carbons (Fsp3) is 1.00. The molecule has 0 aromatic rings. The number of rotatable bonds is 2. The van der Waals surface area contributed by atoms with E-state index < -0.39 is 0 Å². The second kappa shape index (κ2) is 5.88. The van der Waals surface area contributed by atoms with Gasteiger partial charge in [-0.1, -0.05) is 13.8 Å². The van der Waals surface area contributed by atoms with E-state index in [4.69, 9.17) is 11.6 Å². The molecule has 3 saturated carbocycles. The average molecular weight is 340 g/mol. The zero-order valence-corrected chi connectivity index (χ0v) is 15.7. The molecule has 0 radical (unpaired) electrons. The number of alkyl halides is 1. The Morgan fingerprint density at radius 2 is 1.78 bits per heavy atom. The van der Waals surface area contributed by atoms with E-state index in [1.54, 1.807) is 0 Å². The number of piperidine rings is 1. The highest BCUT2D eigenvalue weighted by Crippen LogP contribution is 2.64. The first-order valence-electron chi connectivity index (χ1n) is 9.99. The van der Waals surface area contributed by atoms with Gasteiger partial charge in [-0.3, -0.25) is 4.90 Å². The van der Waals surface area contributed by atoms with E-state index in [0.29, 0.717) is 5.41 Å². The van der Waals surface area contributed by atoms with Crippen LogP contribution in [0.4, 0.5) is 0 Å². The van der Waals surface area contributed by atoms with Crippen molar-refractivity contribution in [1.29, 1.82) is 0 Å². The van der Waals surface area contributed by atoms with Crippen LogP contribution < -0.4 is 0 Å². The minimum Gasteiger partial charge on any atom is -0.393 e. The van der Waals surface area contributed by atoms with Crippen molar-refractivity contribution in [2.75, 3.05) is 19.0 Å². The molecule has 3 heteroatoms. The van der Waals surface area contributed by atoms with Crippen LogP contribution in [0.3, 0.4) is 0 Å². The third kappa shape index (κ3) is 2.34. The quantitative estimate of drug-likeness (QED) is 0.758. The predicted molar refractivity (Wildman–Crippen MR) is 95.7 cm³/mol. The molecule has 4 aliphatic rings. The van der Waals surface area contributed by atoms with Gasteiger partial charge in [-0.2, -0.15) is 0 Å². The molecule has 4 fully saturated rings. The van der Waals surface area contributed by atoms with Gasteiger partial charge >= 0.3 is 0 Å². The average Bonchev–Trinajstić information content (AvgIpc) is 2.83. The van der Waals surface area contributed by atoms with Gasteiger partial charge < -0.3 is 5.11 Å². The van der Waals surface area contributed by atoms with Gasteiger partial charge in [0.05, 0.1) is 6.10 Å². The fourth-order valence-electron chi connectivity index (χ4n) is 7.56. The summed E-state index contributed by atoms with van der Waals surface area (Å²) in [6.45, 7) is 7.31. The SMILES string of the molecule is C[C@]12CC[C@H]3[C@@H](CC[C@H]4N(CCCl)CCC[C@]34C)[C@@H]1CC[C@@H]2O. The molecule has 0 amide bonds. The van der Waals surface area contributed by atoms with Crippen LogP contribution in [0.15, 0.2) is 0 Å². The summed E-state index contributed by atoms with van der Waals surface area (Å²) in [7, 11) is 0. The van der Waals surface area contributed by atoms with Gasteiger partial charge in [0.25, 0.3) is 0 Å². The Balaban J connectivity index is 1.61. The van der Waals surface area contributed by atoms with Crippen molar-refractivity contribution in [2.45, 2.75) is 77.4 Å². The Morgan fingerprint density at radius 1 is 1.00 bits per heavy atom. The molecule has 0 aromatic heterocycles. The van der Waals surface area contributed by atoms with Crippen LogP contribution in [0.25, 0.3) is 0 Å². The van der Waals surface area contributed by atoms with Crippen LogP contribution in [0, 0.1) is 28.6 Å². The standard InChI is InChI=1S/C20H34ClNO/c1-19-9-3-12-22(13-11-21)17(19)6-4-14-15-5-7-18(23)20(15,2)10-8-16(14)19/h14-18,23H,3-13H2,1-2H3/t14-,15-,16-,17+,18-,19+,20-/m0/s1. The van der Waals surface area contributed by atoms with Crippen LogP contribution in [0.1, 0.15) is 65.2 Å². The second-order valence-corrected chi connectivity index (χ2v) is 9.82. The molecule has 4 rings (SSSR count). The van der Waals surface area contributed by atoms with Gasteiger partial charge in [0.2, 0.25) is 0 Å². The monoisotopic (exact) mass is 339 g/mol. The largest absolute Gasteiger partial charge is 0.393 e. The number of nitrogens with zero attached hydrogens (tertiary/aromatic N) is 1. The lowest BCUT2D eigenvalue weighted by molar-refractivity contribution is -0.133. The number of halogens is 1. The zero-order valence-electron chi connectivity index (χ0n) is 14.9. The van der Waals surface area contributed by atoms with Crippen molar-refractivity contribution < 1.29 is 5.11 Å². The van der Waals surface area contributed by atoms with Gasteiger partial charge in [0.15, 0.2) is 0 Å². The molecule has 2 nitrogen and oxygen atoms in total. The molecular weight excluding hydrogens is 306 g/mol. The van der Waals surface area contributed by atoms with Crippen molar-refractivity contribution in [3.63, 3.8) is 0 Å². The maximum Gasteiger partial charge on any atom is 0.0596 e. The van der Waals surface area contributed by atoms with Crippen LogP contribution in [0.5, 0.6) is 0 Å². The molecule has 1 saturated heterocycles. The number of hydrogen-bond acceptors (Lipinski definition) is 2. The lowest BCUT2D eigenvalue weighted by Crippen LogP contribution is -2.61.